The van der Waals surface area contributed by atoms with Gasteiger partial charge >= 0.3 is 5.97 Å². The number of benzene rings is 3. The summed E-state index contributed by atoms with van der Waals surface area (Å²) < 4.78 is 5.22. The third-order valence-electron chi connectivity index (χ3n) is 4.25. The van der Waals surface area contributed by atoms with Gasteiger partial charge in [-0.15, -0.1) is 0 Å². The van der Waals surface area contributed by atoms with Crippen LogP contribution in [0, 0.1) is 0 Å². The fourth-order valence-electron chi connectivity index (χ4n) is 2.82. The Morgan fingerprint density at radius 3 is 2.24 bits per heavy atom. The van der Waals surface area contributed by atoms with Crippen molar-refractivity contribution in [2.75, 3.05) is 18.9 Å². The average molecular weight is 406 g/mol. The molecule has 4 nitrogen and oxygen atoms in total. The maximum Gasteiger partial charge on any atom is 0.339 e. The van der Waals surface area contributed by atoms with Crippen LogP contribution in [-0.4, -0.2) is 30.8 Å². The molecule has 1 amide bonds. The highest BCUT2D eigenvalue weighted by molar-refractivity contribution is 7.98. The molecular weight excluding hydrogens is 382 g/mol. The molecule has 0 atom stereocenters. The van der Waals surface area contributed by atoms with Gasteiger partial charge in [-0.05, 0) is 22.8 Å². The van der Waals surface area contributed by atoms with Gasteiger partial charge in [0.05, 0.1) is 5.56 Å². The second kappa shape index (κ2) is 11.1. The smallest absolute Gasteiger partial charge is 0.339 e. The quantitative estimate of drug-likeness (QED) is 0.419. The second-order valence-corrected chi connectivity index (χ2v) is 7.48. The molecule has 0 bridgehead atoms. The summed E-state index contributed by atoms with van der Waals surface area (Å²) in [6.45, 7) is 0.250. The predicted molar refractivity (Wildman–Crippen MR) is 118 cm³/mol. The van der Waals surface area contributed by atoms with Crippen LogP contribution < -0.4 is 5.32 Å². The first-order chi connectivity index (χ1) is 14.2. The molecule has 0 saturated carbocycles. The zero-order valence-corrected chi connectivity index (χ0v) is 16.9. The van der Waals surface area contributed by atoms with Crippen molar-refractivity contribution in [1.82, 2.24) is 5.32 Å². The number of hydrogen-bond acceptors (Lipinski definition) is 4. The molecule has 0 aliphatic carbocycles. The van der Waals surface area contributed by atoms with Crippen molar-refractivity contribution in [3.8, 4) is 11.1 Å². The van der Waals surface area contributed by atoms with Crippen molar-refractivity contribution in [2.45, 2.75) is 5.75 Å². The summed E-state index contributed by atoms with van der Waals surface area (Å²) >= 11 is 1.75. The monoisotopic (exact) mass is 405 g/mol. The molecular formula is C24H23NO3S. The van der Waals surface area contributed by atoms with Crippen LogP contribution in [0.2, 0.25) is 0 Å². The van der Waals surface area contributed by atoms with E-state index in [0.717, 1.165) is 22.6 Å². The summed E-state index contributed by atoms with van der Waals surface area (Å²) in [6.07, 6.45) is 0. The van der Waals surface area contributed by atoms with Crippen molar-refractivity contribution in [3.63, 3.8) is 0 Å². The van der Waals surface area contributed by atoms with Gasteiger partial charge in [-0.25, -0.2) is 4.79 Å². The number of hydrogen-bond donors (Lipinski definition) is 1. The molecule has 0 heterocycles. The first-order valence-corrected chi connectivity index (χ1v) is 10.6. The highest BCUT2D eigenvalue weighted by Gasteiger charge is 2.15. The van der Waals surface area contributed by atoms with Crippen LogP contribution in [0.1, 0.15) is 15.9 Å². The molecule has 0 radical (unpaired) electrons. The lowest BCUT2D eigenvalue weighted by molar-refractivity contribution is -0.124. The average Bonchev–Trinajstić information content (AvgIpc) is 2.78. The summed E-state index contributed by atoms with van der Waals surface area (Å²) in [5, 5.41) is 2.79. The number of carbonyl (C=O) groups is 2. The van der Waals surface area contributed by atoms with Crippen molar-refractivity contribution >= 4 is 23.6 Å². The predicted octanol–water partition coefficient (Wildman–Crippen LogP) is 4.56. The minimum absolute atomic E-state index is 0.286. The van der Waals surface area contributed by atoms with Gasteiger partial charge in [0.1, 0.15) is 0 Å². The van der Waals surface area contributed by atoms with Crippen molar-refractivity contribution in [1.29, 1.82) is 0 Å². The van der Waals surface area contributed by atoms with E-state index in [-0.39, 0.29) is 12.5 Å². The third-order valence-corrected chi connectivity index (χ3v) is 5.28. The zero-order valence-electron chi connectivity index (χ0n) is 16.0. The van der Waals surface area contributed by atoms with E-state index in [4.69, 9.17) is 4.74 Å². The first kappa shape index (κ1) is 20.7. The highest BCUT2D eigenvalue weighted by atomic mass is 32.2. The molecule has 0 unspecified atom stereocenters. The molecule has 3 rings (SSSR count). The van der Waals surface area contributed by atoms with Crippen LogP contribution in [0.25, 0.3) is 11.1 Å². The normalized spacial score (nSPS) is 10.3. The van der Waals surface area contributed by atoms with E-state index in [9.17, 15) is 9.59 Å². The fraction of sp³-hybridized carbons (Fsp3) is 0.167. The number of amides is 1. The molecule has 3 aromatic carbocycles. The topological polar surface area (TPSA) is 55.4 Å². The van der Waals surface area contributed by atoms with E-state index in [2.05, 4.69) is 17.4 Å². The Bertz CT molecular complexity index is 929. The summed E-state index contributed by atoms with van der Waals surface area (Å²) in [5.41, 5.74) is 3.43. The van der Waals surface area contributed by atoms with Gasteiger partial charge in [-0.1, -0.05) is 78.9 Å². The van der Waals surface area contributed by atoms with Gasteiger partial charge in [-0.2, -0.15) is 11.8 Å². The SMILES string of the molecule is O=C(COC(=O)c1ccccc1-c1ccccc1)NCCSCc1ccccc1. The Labute approximate surface area is 175 Å². The lowest BCUT2D eigenvalue weighted by Crippen LogP contribution is -2.30. The van der Waals surface area contributed by atoms with Gasteiger partial charge < -0.3 is 10.1 Å². The Morgan fingerprint density at radius 1 is 0.828 bits per heavy atom. The van der Waals surface area contributed by atoms with Gasteiger partial charge in [0.25, 0.3) is 5.91 Å². The molecule has 0 fully saturated rings. The Morgan fingerprint density at radius 2 is 1.48 bits per heavy atom. The molecule has 29 heavy (non-hydrogen) atoms. The summed E-state index contributed by atoms with van der Waals surface area (Å²) in [4.78, 5) is 24.4. The molecule has 3 aromatic rings. The highest BCUT2D eigenvalue weighted by Crippen LogP contribution is 2.23. The molecule has 5 heteroatoms. The van der Waals surface area contributed by atoms with Gasteiger partial charge in [0.2, 0.25) is 0 Å². The van der Waals surface area contributed by atoms with E-state index >= 15 is 0 Å². The maximum atomic E-state index is 12.5. The number of ether oxygens (including phenoxy) is 1. The maximum absolute atomic E-state index is 12.5. The Balaban J connectivity index is 1.42. The molecule has 1 N–H and O–H groups in total. The molecule has 0 saturated heterocycles. The minimum atomic E-state index is -0.502. The minimum Gasteiger partial charge on any atom is -0.452 e. The zero-order chi connectivity index (χ0) is 20.3. The van der Waals surface area contributed by atoms with Crippen molar-refractivity contribution in [2.24, 2.45) is 0 Å². The van der Waals surface area contributed by atoms with Crippen molar-refractivity contribution < 1.29 is 14.3 Å². The van der Waals surface area contributed by atoms with Crippen LogP contribution in [0.15, 0.2) is 84.9 Å². The molecule has 148 valence electrons. The number of rotatable bonds is 9. The Kier molecular flexibility index (Phi) is 7.90. The number of esters is 1. The number of nitrogens with one attached hydrogen (secondary N) is 1. The summed E-state index contributed by atoms with van der Waals surface area (Å²) in [7, 11) is 0. The van der Waals surface area contributed by atoms with Crippen molar-refractivity contribution in [3.05, 3.63) is 96.1 Å². The van der Waals surface area contributed by atoms with E-state index in [1.165, 1.54) is 5.56 Å². The van der Waals surface area contributed by atoms with Crippen LogP contribution in [0.3, 0.4) is 0 Å². The summed E-state index contributed by atoms with van der Waals surface area (Å²) in [6, 6.07) is 27.1. The second-order valence-electron chi connectivity index (χ2n) is 6.38. The largest absolute Gasteiger partial charge is 0.452 e. The van der Waals surface area contributed by atoms with E-state index < -0.39 is 5.97 Å². The lowest BCUT2D eigenvalue weighted by atomic mass is 10.00. The van der Waals surface area contributed by atoms with E-state index in [0.29, 0.717) is 12.1 Å². The number of carbonyl (C=O) groups excluding carboxylic acids is 2. The molecule has 0 aliphatic rings. The van der Waals surface area contributed by atoms with Gasteiger partial charge in [0, 0.05) is 18.1 Å². The van der Waals surface area contributed by atoms with Crippen LogP contribution >= 0.6 is 11.8 Å². The van der Waals surface area contributed by atoms with Crippen LogP contribution in [0.4, 0.5) is 0 Å². The summed E-state index contributed by atoms with van der Waals surface area (Å²) in [5.74, 6) is 0.904. The van der Waals surface area contributed by atoms with Gasteiger partial charge in [0.15, 0.2) is 6.61 Å². The standard InChI is InChI=1S/C24H23NO3S/c26-23(25-15-16-29-18-19-9-3-1-4-10-19)17-28-24(27)22-14-8-7-13-21(22)20-11-5-2-6-12-20/h1-14H,15-18H2,(H,25,26). The first-order valence-electron chi connectivity index (χ1n) is 9.44. The van der Waals surface area contributed by atoms with Crippen LogP contribution in [0.5, 0.6) is 0 Å². The van der Waals surface area contributed by atoms with Gasteiger partial charge in [-0.3, -0.25) is 4.79 Å². The number of thioether (sulfide) groups is 1. The van der Waals surface area contributed by atoms with Crippen LogP contribution in [-0.2, 0) is 15.3 Å². The fourth-order valence-corrected chi connectivity index (χ4v) is 3.64. The molecule has 0 spiro atoms. The Hall–Kier alpha value is -3.05. The third kappa shape index (κ3) is 6.50. The van der Waals surface area contributed by atoms with E-state index in [1.807, 2.05) is 60.7 Å². The lowest BCUT2D eigenvalue weighted by Gasteiger charge is -2.10. The van der Waals surface area contributed by atoms with E-state index in [1.54, 1.807) is 23.9 Å². The molecule has 0 aromatic heterocycles. The molecule has 0 aliphatic heterocycles.